The molecule has 0 N–H and O–H groups in total. The maximum absolute atomic E-state index is 5.19. The summed E-state index contributed by atoms with van der Waals surface area (Å²) >= 11 is 3.37. The van der Waals surface area contributed by atoms with Crippen molar-refractivity contribution in [3.05, 3.63) is 46.7 Å². The van der Waals surface area contributed by atoms with Crippen molar-refractivity contribution in [1.82, 2.24) is 14.9 Å². The van der Waals surface area contributed by atoms with Gasteiger partial charge in [-0.2, -0.15) is 0 Å². The first-order chi connectivity index (χ1) is 11.2. The molecule has 0 bridgehead atoms. The molecule has 2 aromatic rings. The van der Waals surface area contributed by atoms with Gasteiger partial charge in [0.2, 0.25) is 5.95 Å². The second-order valence-corrected chi connectivity index (χ2v) is 6.54. The quantitative estimate of drug-likeness (QED) is 0.801. The van der Waals surface area contributed by atoms with E-state index < -0.39 is 0 Å². The van der Waals surface area contributed by atoms with Gasteiger partial charge < -0.3 is 9.64 Å². The van der Waals surface area contributed by atoms with Crippen molar-refractivity contribution in [3.8, 4) is 5.75 Å². The molecule has 6 heteroatoms. The molecule has 0 unspecified atom stereocenters. The lowest BCUT2D eigenvalue weighted by Gasteiger charge is -2.34. The van der Waals surface area contributed by atoms with Gasteiger partial charge in [0.05, 0.1) is 11.6 Å². The number of ether oxygens (including phenoxy) is 1. The van der Waals surface area contributed by atoms with Crippen LogP contribution in [0.1, 0.15) is 5.56 Å². The second-order valence-electron chi connectivity index (χ2n) is 5.63. The van der Waals surface area contributed by atoms with Gasteiger partial charge in [0.25, 0.3) is 0 Å². The summed E-state index contributed by atoms with van der Waals surface area (Å²) in [6, 6.07) is 8.34. The van der Waals surface area contributed by atoms with Gasteiger partial charge in [-0.3, -0.25) is 4.90 Å². The number of anilines is 1. The van der Waals surface area contributed by atoms with E-state index >= 15 is 0 Å². The fourth-order valence-electron chi connectivity index (χ4n) is 2.72. The third-order valence-corrected chi connectivity index (χ3v) is 4.55. The fraction of sp³-hybridized carbons (Fsp3) is 0.412. The fourth-order valence-corrected chi connectivity index (χ4v) is 2.92. The molecular formula is C17H21BrN4O. The van der Waals surface area contributed by atoms with Gasteiger partial charge in [-0.05, 0) is 40.0 Å². The number of nitrogens with zero attached hydrogens (tertiary/aromatic N) is 4. The van der Waals surface area contributed by atoms with E-state index in [1.807, 2.05) is 12.1 Å². The largest absolute Gasteiger partial charge is 0.497 e. The zero-order chi connectivity index (χ0) is 16.1. The molecule has 0 spiro atoms. The van der Waals surface area contributed by atoms with Crippen LogP contribution in [-0.2, 0) is 6.42 Å². The molecule has 122 valence electrons. The molecule has 3 rings (SSSR count). The molecule has 5 nitrogen and oxygen atoms in total. The minimum Gasteiger partial charge on any atom is -0.497 e. The molecule has 1 aliphatic rings. The minimum absolute atomic E-state index is 0.822. The van der Waals surface area contributed by atoms with Gasteiger partial charge in [0.15, 0.2) is 0 Å². The number of aromatic nitrogens is 2. The van der Waals surface area contributed by atoms with E-state index in [1.165, 1.54) is 5.56 Å². The number of hydrogen-bond donors (Lipinski definition) is 0. The summed E-state index contributed by atoms with van der Waals surface area (Å²) in [5.41, 5.74) is 1.35. The first kappa shape index (κ1) is 16.2. The van der Waals surface area contributed by atoms with Gasteiger partial charge >= 0.3 is 0 Å². The molecule has 0 saturated carbocycles. The Morgan fingerprint density at radius 3 is 2.30 bits per heavy atom. The Bertz CT molecular complexity index is 609. The van der Waals surface area contributed by atoms with Gasteiger partial charge in [0.1, 0.15) is 5.75 Å². The van der Waals surface area contributed by atoms with E-state index in [9.17, 15) is 0 Å². The summed E-state index contributed by atoms with van der Waals surface area (Å²) in [6.45, 7) is 5.14. The number of halogens is 1. The Balaban J connectivity index is 1.46. The van der Waals surface area contributed by atoms with Crippen LogP contribution in [-0.4, -0.2) is 54.7 Å². The van der Waals surface area contributed by atoms with Crippen molar-refractivity contribution in [2.45, 2.75) is 6.42 Å². The zero-order valence-electron chi connectivity index (χ0n) is 13.3. The maximum Gasteiger partial charge on any atom is 0.225 e. The lowest BCUT2D eigenvalue weighted by Crippen LogP contribution is -2.47. The normalized spacial score (nSPS) is 15.7. The maximum atomic E-state index is 5.19. The highest BCUT2D eigenvalue weighted by molar-refractivity contribution is 9.10. The van der Waals surface area contributed by atoms with E-state index in [1.54, 1.807) is 19.5 Å². The average Bonchev–Trinajstić information content (AvgIpc) is 2.61. The Morgan fingerprint density at radius 1 is 1.04 bits per heavy atom. The highest BCUT2D eigenvalue weighted by Crippen LogP contribution is 2.15. The summed E-state index contributed by atoms with van der Waals surface area (Å²) in [5.74, 6) is 1.74. The molecule has 0 radical (unpaired) electrons. The van der Waals surface area contributed by atoms with E-state index in [2.05, 4.69) is 47.8 Å². The molecule has 23 heavy (non-hydrogen) atoms. The number of piperazine rings is 1. The molecule has 0 amide bonds. The van der Waals surface area contributed by atoms with Crippen LogP contribution in [0.25, 0.3) is 0 Å². The Morgan fingerprint density at radius 2 is 1.70 bits per heavy atom. The summed E-state index contributed by atoms with van der Waals surface area (Å²) in [7, 11) is 1.70. The van der Waals surface area contributed by atoms with Crippen LogP contribution in [0.2, 0.25) is 0 Å². The van der Waals surface area contributed by atoms with Crippen LogP contribution in [0, 0.1) is 0 Å². The highest BCUT2D eigenvalue weighted by atomic mass is 79.9. The van der Waals surface area contributed by atoms with E-state index in [0.717, 1.165) is 55.3 Å². The summed E-state index contributed by atoms with van der Waals surface area (Å²) < 4.78 is 6.11. The molecular weight excluding hydrogens is 356 g/mol. The predicted molar refractivity (Wildman–Crippen MR) is 95.1 cm³/mol. The summed E-state index contributed by atoms with van der Waals surface area (Å²) in [4.78, 5) is 13.5. The highest BCUT2D eigenvalue weighted by Gasteiger charge is 2.18. The van der Waals surface area contributed by atoms with Crippen molar-refractivity contribution < 1.29 is 4.74 Å². The smallest absolute Gasteiger partial charge is 0.225 e. The van der Waals surface area contributed by atoms with Crippen molar-refractivity contribution >= 4 is 21.9 Å². The Labute approximate surface area is 145 Å². The van der Waals surface area contributed by atoms with Crippen LogP contribution in [0.3, 0.4) is 0 Å². The van der Waals surface area contributed by atoms with Crippen molar-refractivity contribution in [2.75, 3.05) is 44.7 Å². The molecule has 1 saturated heterocycles. The number of methoxy groups -OCH3 is 1. The minimum atomic E-state index is 0.822. The first-order valence-corrected chi connectivity index (χ1v) is 8.61. The van der Waals surface area contributed by atoms with Crippen LogP contribution in [0.4, 0.5) is 5.95 Å². The topological polar surface area (TPSA) is 41.5 Å². The van der Waals surface area contributed by atoms with E-state index in [4.69, 9.17) is 4.74 Å². The van der Waals surface area contributed by atoms with E-state index in [0.29, 0.717) is 0 Å². The van der Waals surface area contributed by atoms with Crippen molar-refractivity contribution in [1.29, 1.82) is 0 Å². The average molecular weight is 377 g/mol. The second kappa shape index (κ2) is 7.75. The van der Waals surface area contributed by atoms with Crippen LogP contribution >= 0.6 is 15.9 Å². The Kier molecular flexibility index (Phi) is 5.46. The summed E-state index contributed by atoms with van der Waals surface area (Å²) in [6.07, 6.45) is 4.68. The number of benzene rings is 1. The van der Waals surface area contributed by atoms with Crippen molar-refractivity contribution in [2.24, 2.45) is 0 Å². The number of hydrogen-bond acceptors (Lipinski definition) is 5. The third-order valence-electron chi connectivity index (χ3n) is 4.14. The number of rotatable bonds is 5. The van der Waals surface area contributed by atoms with E-state index in [-0.39, 0.29) is 0 Å². The Hall–Kier alpha value is -1.66. The molecule has 1 aliphatic heterocycles. The van der Waals surface area contributed by atoms with Gasteiger partial charge in [-0.25, -0.2) is 9.97 Å². The van der Waals surface area contributed by atoms with Gasteiger partial charge in [-0.15, -0.1) is 0 Å². The van der Waals surface area contributed by atoms with Gasteiger partial charge in [-0.1, -0.05) is 12.1 Å². The van der Waals surface area contributed by atoms with Crippen LogP contribution < -0.4 is 9.64 Å². The summed E-state index contributed by atoms with van der Waals surface area (Å²) in [5, 5.41) is 0. The molecule has 1 aromatic carbocycles. The molecule has 0 aliphatic carbocycles. The molecule has 1 fully saturated rings. The first-order valence-electron chi connectivity index (χ1n) is 7.82. The zero-order valence-corrected chi connectivity index (χ0v) is 14.9. The SMILES string of the molecule is COc1ccc(CCN2CCN(c3ncc(Br)cn3)CC2)cc1. The van der Waals surface area contributed by atoms with Crippen molar-refractivity contribution in [3.63, 3.8) is 0 Å². The third kappa shape index (κ3) is 4.42. The molecule has 2 heterocycles. The lowest BCUT2D eigenvalue weighted by molar-refractivity contribution is 0.259. The predicted octanol–water partition coefficient (Wildman–Crippen LogP) is 2.61. The molecule has 1 aromatic heterocycles. The lowest BCUT2D eigenvalue weighted by atomic mass is 10.1. The molecule has 0 atom stereocenters. The standard InChI is InChI=1S/C17H21BrN4O/c1-23-16-4-2-14(3-5-16)6-7-21-8-10-22(11-9-21)17-19-12-15(18)13-20-17/h2-5,12-13H,6-11H2,1H3. The van der Waals surface area contributed by atoms with Crippen LogP contribution in [0.5, 0.6) is 5.75 Å². The van der Waals surface area contributed by atoms with Gasteiger partial charge in [0, 0.05) is 45.1 Å². The monoisotopic (exact) mass is 376 g/mol. The van der Waals surface area contributed by atoms with Crippen LogP contribution in [0.15, 0.2) is 41.1 Å².